The summed E-state index contributed by atoms with van der Waals surface area (Å²) >= 11 is 1.34. The first-order valence-electron chi connectivity index (χ1n) is 10.7. The Morgan fingerprint density at radius 3 is 2.70 bits per heavy atom. The van der Waals surface area contributed by atoms with E-state index in [1.165, 1.54) is 15.6 Å². The molecule has 0 aliphatic heterocycles. The standard InChI is InChI=1S/C23H25N3O5S2/c1-2-26(33(29,30)18-10-13-32-15-18)11-12-31-17-8-6-16(7-9-17)25-23(28)19-14-24-20-4-3-5-21(27)22(19)20/h6-10,13-15,24H,2-5,11-12H2,1H3,(H,25,28). The average molecular weight is 488 g/mol. The molecular formula is C23H25N3O5S2. The highest BCUT2D eigenvalue weighted by molar-refractivity contribution is 7.89. The van der Waals surface area contributed by atoms with Crippen molar-refractivity contribution in [3.8, 4) is 5.75 Å². The van der Waals surface area contributed by atoms with E-state index in [-0.39, 0.29) is 24.8 Å². The lowest BCUT2D eigenvalue weighted by Crippen LogP contribution is -2.34. The lowest BCUT2D eigenvalue weighted by Gasteiger charge is -2.20. The van der Waals surface area contributed by atoms with Crippen LogP contribution in [0.4, 0.5) is 5.69 Å². The van der Waals surface area contributed by atoms with Gasteiger partial charge in [-0.25, -0.2) is 8.42 Å². The minimum atomic E-state index is -3.52. The van der Waals surface area contributed by atoms with Crippen molar-refractivity contribution in [2.24, 2.45) is 0 Å². The third kappa shape index (κ3) is 5.02. The number of benzene rings is 1. The molecule has 0 unspecified atom stereocenters. The first-order valence-corrected chi connectivity index (χ1v) is 13.1. The molecule has 8 nitrogen and oxygen atoms in total. The van der Waals surface area contributed by atoms with Crippen LogP contribution in [0.15, 0.2) is 52.2 Å². The van der Waals surface area contributed by atoms with Gasteiger partial charge in [-0.15, -0.1) is 0 Å². The number of carbonyl (C=O) groups excluding carboxylic acids is 2. The van der Waals surface area contributed by atoms with E-state index in [9.17, 15) is 18.0 Å². The predicted molar refractivity (Wildman–Crippen MR) is 127 cm³/mol. The maximum atomic E-state index is 12.7. The number of hydrogen-bond acceptors (Lipinski definition) is 6. The molecule has 3 aromatic rings. The van der Waals surface area contributed by atoms with Gasteiger partial charge < -0.3 is 15.0 Å². The predicted octanol–water partition coefficient (Wildman–Crippen LogP) is 3.94. The van der Waals surface area contributed by atoms with Crippen molar-refractivity contribution < 1.29 is 22.7 Å². The SMILES string of the molecule is CCN(CCOc1ccc(NC(=O)c2c[nH]c3c2C(=O)CCC3)cc1)S(=O)(=O)c1ccsc1. The van der Waals surface area contributed by atoms with Gasteiger partial charge in [-0.2, -0.15) is 15.6 Å². The Labute approximate surface area is 196 Å². The van der Waals surface area contributed by atoms with Gasteiger partial charge in [-0.05, 0) is 48.6 Å². The maximum Gasteiger partial charge on any atom is 0.257 e. The zero-order valence-electron chi connectivity index (χ0n) is 18.2. The number of rotatable bonds is 9. The van der Waals surface area contributed by atoms with Crippen LogP contribution in [0.5, 0.6) is 5.75 Å². The number of aromatic nitrogens is 1. The van der Waals surface area contributed by atoms with Crippen molar-refractivity contribution >= 4 is 38.7 Å². The number of hydrogen-bond donors (Lipinski definition) is 2. The van der Waals surface area contributed by atoms with Crippen molar-refractivity contribution in [2.45, 2.75) is 31.1 Å². The molecule has 2 N–H and O–H groups in total. The zero-order chi connectivity index (χ0) is 23.4. The molecule has 4 rings (SSSR count). The van der Waals surface area contributed by atoms with E-state index in [4.69, 9.17) is 4.74 Å². The molecule has 1 aliphatic carbocycles. The fourth-order valence-corrected chi connectivity index (χ4v) is 6.25. The number of nitrogens with one attached hydrogen (secondary N) is 2. The fourth-order valence-electron chi connectivity index (χ4n) is 3.81. The number of nitrogens with zero attached hydrogens (tertiary/aromatic N) is 1. The number of aromatic amines is 1. The molecule has 174 valence electrons. The van der Waals surface area contributed by atoms with Crippen molar-refractivity contribution in [1.82, 2.24) is 9.29 Å². The van der Waals surface area contributed by atoms with Crippen molar-refractivity contribution in [3.05, 3.63) is 64.1 Å². The van der Waals surface area contributed by atoms with Gasteiger partial charge in [-0.1, -0.05) is 6.92 Å². The highest BCUT2D eigenvalue weighted by Gasteiger charge is 2.26. The number of thiophene rings is 1. The first kappa shape index (κ1) is 23.2. The van der Waals surface area contributed by atoms with Crippen LogP contribution in [-0.2, 0) is 16.4 Å². The monoisotopic (exact) mass is 487 g/mol. The van der Waals surface area contributed by atoms with Crippen LogP contribution in [0, 0.1) is 0 Å². The summed E-state index contributed by atoms with van der Waals surface area (Å²) in [6.45, 7) is 2.55. The summed E-state index contributed by atoms with van der Waals surface area (Å²) in [6.07, 6.45) is 3.61. The molecule has 1 aromatic carbocycles. The molecule has 0 spiro atoms. The van der Waals surface area contributed by atoms with E-state index in [0.717, 1.165) is 18.5 Å². The number of anilines is 1. The minimum Gasteiger partial charge on any atom is -0.492 e. The van der Waals surface area contributed by atoms with E-state index in [1.807, 2.05) is 0 Å². The third-order valence-corrected chi connectivity index (χ3v) is 8.33. The Morgan fingerprint density at radius 1 is 1.21 bits per heavy atom. The van der Waals surface area contributed by atoms with E-state index >= 15 is 0 Å². The Bertz CT molecular complexity index is 1230. The summed E-state index contributed by atoms with van der Waals surface area (Å²) in [5.41, 5.74) is 2.25. The van der Waals surface area contributed by atoms with Crippen LogP contribution < -0.4 is 10.1 Å². The smallest absolute Gasteiger partial charge is 0.257 e. The Kier molecular flexibility index (Phi) is 6.96. The second-order valence-electron chi connectivity index (χ2n) is 7.62. The van der Waals surface area contributed by atoms with E-state index in [0.29, 0.717) is 40.4 Å². The molecule has 10 heteroatoms. The summed E-state index contributed by atoms with van der Waals surface area (Å²) in [4.78, 5) is 28.2. The van der Waals surface area contributed by atoms with E-state index in [1.54, 1.807) is 54.2 Å². The minimum absolute atomic E-state index is 0.00599. The number of carbonyl (C=O) groups is 2. The number of sulfonamides is 1. The summed E-state index contributed by atoms with van der Waals surface area (Å²) in [5.74, 6) is 0.216. The normalized spacial score (nSPS) is 13.7. The van der Waals surface area contributed by atoms with Crippen LogP contribution in [0.25, 0.3) is 0 Å². The molecule has 0 fully saturated rings. The van der Waals surface area contributed by atoms with Gasteiger partial charge in [0.05, 0.1) is 16.0 Å². The molecule has 0 bridgehead atoms. The van der Waals surface area contributed by atoms with Crippen molar-refractivity contribution in [1.29, 1.82) is 0 Å². The highest BCUT2D eigenvalue weighted by atomic mass is 32.2. The number of Topliss-reactive ketones (excluding diaryl/α,β-unsaturated/α-hetero) is 1. The van der Waals surface area contributed by atoms with Crippen LogP contribution >= 0.6 is 11.3 Å². The number of fused-ring (bicyclic) bond motifs is 1. The molecule has 0 atom stereocenters. The largest absolute Gasteiger partial charge is 0.492 e. The quantitative estimate of drug-likeness (QED) is 0.475. The topological polar surface area (TPSA) is 109 Å². The van der Waals surface area contributed by atoms with Crippen molar-refractivity contribution in [3.63, 3.8) is 0 Å². The van der Waals surface area contributed by atoms with Gasteiger partial charge in [-0.3, -0.25) is 9.59 Å². The van der Waals surface area contributed by atoms with Gasteiger partial charge in [0.1, 0.15) is 12.4 Å². The molecular weight excluding hydrogens is 462 g/mol. The number of ether oxygens (including phenoxy) is 1. The fraction of sp³-hybridized carbons (Fsp3) is 0.304. The summed E-state index contributed by atoms with van der Waals surface area (Å²) in [6, 6.07) is 8.41. The first-order chi connectivity index (χ1) is 15.9. The third-order valence-electron chi connectivity index (χ3n) is 5.52. The zero-order valence-corrected chi connectivity index (χ0v) is 19.8. The number of amides is 1. The summed E-state index contributed by atoms with van der Waals surface area (Å²) < 4.78 is 32.4. The molecule has 2 heterocycles. The molecule has 0 saturated heterocycles. The Morgan fingerprint density at radius 2 is 2.00 bits per heavy atom. The maximum absolute atomic E-state index is 12.7. The average Bonchev–Trinajstić information content (AvgIpc) is 3.49. The van der Waals surface area contributed by atoms with E-state index in [2.05, 4.69) is 10.3 Å². The molecule has 1 amide bonds. The second kappa shape index (κ2) is 9.90. The second-order valence-corrected chi connectivity index (χ2v) is 10.3. The summed E-state index contributed by atoms with van der Waals surface area (Å²) in [5, 5.41) is 6.16. The summed E-state index contributed by atoms with van der Waals surface area (Å²) in [7, 11) is -3.52. The van der Waals surface area contributed by atoms with Gasteiger partial charge >= 0.3 is 0 Å². The number of likely N-dealkylation sites (N-methyl/N-ethyl adjacent to an activating group) is 1. The Balaban J connectivity index is 1.33. The van der Waals surface area contributed by atoms with Gasteiger partial charge in [0.2, 0.25) is 10.0 Å². The molecule has 0 radical (unpaired) electrons. The number of aryl methyl sites for hydroxylation is 1. The lowest BCUT2D eigenvalue weighted by atomic mass is 9.93. The number of H-pyrrole nitrogens is 1. The Hall–Kier alpha value is -2.95. The number of ketones is 1. The van der Waals surface area contributed by atoms with E-state index < -0.39 is 10.0 Å². The molecule has 1 aliphatic rings. The van der Waals surface area contributed by atoms with Crippen molar-refractivity contribution in [2.75, 3.05) is 25.0 Å². The molecule has 0 saturated carbocycles. The van der Waals surface area contributed by atoms with Gasteiger partial charge in [0.25, 0.3) is 5.91 Å². The highest BCUT2D eigenvalue weighted by Crippen LogP contribution is 2.25. The van der Waals surface area contributed by atoms with Crippen LogP contribution in [0.1, 0.15) is 46.2 Å². The van der Waals surface area contributed by atoms with Crippen LogP contribution in [0.3, 0.4) is 0 Å². The van der Waals surface area contributed by atoms with Gasteiger partial charge in [0, 0.05) is 42.5 Å². The van der Waals surface area contributed by atoms with Gasteiger partial charge in [0.15, 0.2) is 5.78 Å². The molecule has 2 aromatic heterocycles. The van der Waals surface area contributed by atoms with Crippen LogP contribution in [-0.4, -0.2) is 49.1 Å². The lowest BCUT2D eigenvalue weighted by molar-refractivity contribution is 0.0956. The molecule has 33 heavy (non-hydrogen) atoms. The van der Waals surface area contributed by atoms with Crippen LogP contribution in [0.2, 0.25) is 0 Å².